The highest BCUT2D eigenvalue weighted by Crippen LogP contribution is 2.28. The number of carbonyl (C=O) groups is 1. The van der Waals surface area contributed by atoms with E-state index in [1.165, 1.54) is 29.5 Å². The van der Waals surface area contributed by atoms with Gasteiger partial charge in [-0.15, -0.1) is 0 Å². The lowest BCUT2D eigenvalue weighted by Crippen LogP contribution is -2.07. The van der Waals surface area contributed by atoms with E-state index in [0.717, 1.165) is 10.3 Å². The predicted octanol–water partition coefficient (Wildman–Crippen LogP) is 4.51. The van der Waals surface area contributed by atoms with Gasteiger partial charge in [-0.1, -0.05) is 41.1 Å². The molecule has 3 rings (SSSR count). The molecule has 6 nitrogen and oxygen atoms in total. The number of benzene rings is 2. The summed E-state index contributed by atoms with van der Waals surface area (Å²) in [4.78, 5) is 26.4. The number of fused-ring (bicyclic) bond motifs is 1. The van der Waals surface area contributed by atoms with Crippen LogP contribution in [0.1, 0.15) is 5.56 Å². The quantitative estimate of drug-likeness (QED) is 0.422. The van der Waals surface area contributed by atoms with Crippen molar-refractivity contribution in [3.63, 3.8) is 0 Å². The molecule has 0 radical (unpaired) electrons. The summed E-state index contributed by atoms with van der Waals surface area (Å²) in [5, 5.41) is 14.3. The van der Waals surface area contributed by atoms with E-state index in [4.69, 9.17) is 11.6 Å². The fraction of sp³-hybridized carbons (Fsp3) is 0. The fourth-order valence-corrected chi connectivity index (χ4v) is 3.05. The molecule has 0 unspecified atom stereocenters. The molecule has 2 aromatic carbocycles. The second-order valence-corrected chi connectivity index (χ2v) is 6.21. The van der Waals surface area contributed by atoms with Crippen molar-refractivity contribution in [3.05, 3.63) is 69.2 Å². The lowest BCUT2D eigenvalue weighted by atomic mass is 10.2. The number of nitro groups is 1. The molecule has 1 heterocycles. The summed E-state index contributed by atoms with van der Waals surface area (Å²) in [6.45, 7) is 0. The first-order valence-corrected chi connectivity index (χ1v) is 8.01. The Morgan fingerprint density at radius 2 is 2.08 bits per heavy atom. The Morgan fingerprint density at radius 1 is 1.29 bits per heavy atom. The lowest BCUT2D eigenvalue weighted by molar-refractivity contribution is -0.384. The van der Waals surface area contributed by atoms with Crippen LogP contribution in [0.5, 0.6) is 0 Å². The Labute approximate surface area is 145 Å². The van der Waals surface area contributed by atoms with Crippen LogP contribution < -0.4 is 5.32 Å². The lowest BCUT2D eigenvalue weighted by Gasteiger charge is -1.97. The molecule has 0 atom stereocenters. The molecule has 0 saturated carbocycles. The van der Waals surface area contributed by atoms with Gasteiger partial charge in [0.15, 0.2) is 5.13 Å². The average molecular weight is 360 g/mol. The molecular weight excluding hydrogens is 350 g/mol. The molecule has 0 spiro atoms. The van der Waals surface area contributed by atoms with Crippen LogP contribution in [0.25, 0.3) is 16.3 Å². The van der Waals surface area contributed by atoms with Crippen LogP contribution >= 0.6 is 22.9 Å². The van der Waals surface area contributed by atoms with E-state index in [-0.39, 0.29) is 11.6 Å². The average Bonchev–Trinajstić information content (AvgIpc) is 2.95. The van der Waals surface area contributed by atoms with Crippen LogP contribution in [0, 0.1) is 10.1 Å². The van der Waals surface area contributed by atoms with E-state index < -0.39 is 4.92 Å². The number of rotatable bonds is 4. The van der Waals surface area contributed by atoms with Crippen molar-refractivity contribution in [2.45, 2.75) is 0 Å². The van der Waals surface area contributed by atoms with Gasteiger partial charge in [0.1, 0.15) is 0 Å². The Hall–Kier alpha value is -2.77. The van der Waals surface area contributed by atoms with Gasteiger partial charge < -0.3 is 0 Å². The smallest absolute Gasteiger partial charge is 0.271 e. The minimum absolute atomic E-state index is 0.0377. The number of halogens is 1. The molecule has 0 aliphatic carbocycles. The van der Waals surface area contributed by atoms with Crippen molar-refractivity contribution in [1.82, 2.24) is 4.98 Å². The number of anilines is 1. The van der Waals surface area contributed by atoms with Gasteiger partial charge in [0.05, 0.1) is 15.1 Å². The van der Waals surface area contributed by atoms with Crippen molar-refractivity contribution in [1.29, 1.82) is 0 Å². The topological polar surface area (TPSA) is 85.1 Å². The van der Waals surface area contributed by atoms with Crippen LogP contribution in [-0.2, 0) is 4.79 Å². The van der Waals surface area contributed by atoms with E-state index >= 15 is 0 Å². The van der Waals surface area contributed by atoms with E-state index in [1.807, 2.05) is 6.07 Å². The van der Waals surface area contributed by atoms with Gasteiger partial charge in [-0.2, -0.15) is 0 Å². The Bertz CT molecular complexity index is 968. The first-order chi connectivity index (χ1) is 11.5. The molecule has 3 aromatic rings. The van der Waals surface area contributed by atoms with Gasteiger partial charge in [0.2, 0.25) is 5.91 Å². The Kier molecular flexibility index (Phi) is 4.54. The number of amides is 1. The van der Waals surface area contributed by atoms with Crippen LogP contribution in [0.4, 0.5) is 10.8 Å². The third-order valence-electron chi connectivity index (χ3n) is 3.13. The van der Waals surface area contributed by atoms with Gasteiger partial charge in [-0.25, -0.2) is 4.98 Å². The number of nitrogens with zero attached hydrogens (tertiary/aromatic N) is 2. The first kappa shape index (κ1) is 16.1. The van der Waals surface area contributed by atoms with Gasteiger partial charge in [0.25, 0.3) is 5.69 Å². The highest BCUT2D eigenvalue weighted by Gasteiger charge is 2.11. The summed E-state index contributed by atoms with van der Waals surface area (Å²) in [6, 6.07) is 11.6. The molecule has 120 valence electrons. The molecule has 0 aliphatic rings. The summed E-state index contributed by atoms with van der Waals surface area (Å²) in [5.41, 5.74) is 1.16. The molecule has 8 heteroatoms. The zero-order valence-corrected chi connectivity index (χ0v) is 13.7. The largest absolute Gasteiger partial charge is 0.298 e. The van der Waals surface area contributed by atoms with Gasteiger partial charge in [-0.3, -0.25) is 20.2 Å². The SMILES string of the molecule is O=C(/C=C/c1ccccc1Cl)Nc1nc2cc([N+](=O)[O-])ccc2s1. The second kappa shape index (κ2) is 6.77. The summed E-state index contributed by atoms with van der Waals surface area (Å²) >= 11 is 7.26. The molecule has 0 aliphatic heterocycles. The van der Waals surface area contributed by atoms with E-state index in [9.17, 15) is 14.9 Å². The fourth-order valence-electron chi connectivity index (χ4n) is 2.01. The summed E-state index contributed by atoms with van der Waals surface area (Å²) in [7, 11) is 0. The summed E-state index contributed by atoms with van der Waals surface area (Å²) in [5.74, 6) is -0.358. The number of aromatic nitrogens is 1. The van der Waals surface area contributed by atoms with E-state index in [0.29, 0.717) is 15.7 Å². The third kappa shape index (κ3) is 3.58. The third-order valence-corrected chi connectivity index (χ3v) is 4.43. The highest BCUT2D eigenvalue weighted by molar-refractivity contribution is 7.22. The van der Waals surface area contributed by atoms with Gasteiger partial charge in [0, 0.05) is 23.2 Å². The molecule has 1 amide bonds. The Morgan fingerprint density at radius 3 is 2.83 bits per heavy atom. The van der Waals surface area contributed by atoms with Crippen molar-refractivity contribution < 1.29 is 9.72 Å². The van der Waals surface area contributed by atoms with Crippen molar-refractivity contribution in [2.24, 2.45) is 0 Å². The van der Waals surface area contributed by atoms with E-state index in [1.54, 1.807) is 30.3 Å². The number of carbonyl (C=O) groups excluding carboxylic acids is 1. The zero-order valence-electron chi connectivity index (χ0n) is 12.1. The molecule has 1 N–H and O–H groups in total. The normalized spacial score (nSPS) is 11.0. The van der Waals surface area contributed by atoms with Crippen LogP contribution in [-0.4, -0.2) is 15.8 Å². The van der Waals surface area contributed by atoms with Crippen molar-refractivity contribution >= 4 is 56.0 Å². The molecule has 24 heavy (non-hydrogen) atoms. The number of hydrogen-bond acceptors (Lipinski definition) is 5. The second-order valence-electron chi connectivity index (χ2n) is 4.77. The van der Waals surface area contributed by atoms with Crippen LogP contribution in [0.3, 0.4) is 0 Å². The number of thiazole rings is 1. The predicted molar refractivity (Wildman–Crippen MR) is 95.4 cm³/mol. The maximum atomic E-state index is 12.0. The van der Waals surface area contributed by atoms with Crippen LogP contribution in [0.15, 0.2) is 48.5 Å². The zero-order chi connectivity index (χ0) is 17.1. The highest BCUT2D eigenvalue weighted by atomic mass is 35.5. The maximum absolute atomic E-state index is 12.0. The number of hydrogen-bond donors (Lipinski definition) is 1. The summed E-state index contributed by atoms with van der Waals surface area (Å²) < 4.78 is 0.756. The Balaban J connectivity index is 1.76. The van der Waals surface area contributed by atoms with Crippen LogP contribution in [0.2, 0.25) is 5.02 Å². The molecule has 0 bridgehead atoms. The molecule has 1 aromatic heterocycles. The minimum atomic E-state index is -0.483. The number of non-ortho nitro benzene ring substituents is 1. The van der Waals surface area contributed by atoms with Gasteiger partial charge in [-0.05, 0) is 23.8 Å². The monoisotopic (exact) mass is 359 g/mol. The minimum Gasteiger partial charge on any atom is -0.298 e. The van der Waals surface area contributed by atoms with Crippen molar-refractivity contribution in [3.8, 4) is 0 Å². The van der Waals surface area contributed by atoms with Crippen molar-refractivity contribution in [2.75, 3.05) is 5.32 Å². The molecule has 0 saturated heterocycles. The molecule has 0 fully saturated rings. The number of nitrogens with one attached hydrogen (secondary N) is 1. The number of nitro benzene ring substituents is 1. The maximum Gasteiger partial charge on any atom is 0.271 e. The summed E-state index contributed by atoms with van der Waals surface area (Å²) in [6.07, 6.45) is 2.96. The first-order valence-electron chi connectivity index (χ1n) is 6.81. The van der Waals surface area contributed by atoms with E-state index in [2.05, 4.69) is 10.3 Å². The van der Waals surface area contributed by atoms with Gasteiger partial charge >= 0.3 is 0 Å². The standard InChI is InChI=1S/C16H10ClN3O3S/c17-12-4-2-1-3-10(12)5-8-15(21)19-16-18-13-9-11(20(22)23)6-7-14(13)24-16/h1-9H,(H,18,19,21)/b8-5+. The molecular formula is C16H10ClN3O3S.